The van der Waals surface area contributed by atoms with Gasteiger partial charge in [0.2, 0.25) is 0 Å². The van der Waals surface area contributed by atoms with Crippen LogP contribution in [0.5, 0.6) is 5.75 Å². The molecule has 0 bridgehead atoms. The van der Waals surface area contributed by atoms with Gasteiger partial charge in [-0.2, -0.15) is 0 Å². The number of carbonyl (C=O) groups is 1. The lowest BCUT2D eigenvalue weighted by Gasteiger charge is -2.13. The number of nitrogens with zero attached hydrogens (tertiary/aromatic N) is 2. The van der Waals surface area contributed by atoms with Gasteiger partial charge in [-0.25, -0.2) is 14.8 Å². The number of carbonyl (C=O) groups excluding carboxylic acids is 1. The second-order valence-corrected chi connectivity index (χ2v) is 8.68. The maximum atomic E-state index is 11.7. The molecule has 0 unspecified atom stereocenters. The molecule has 1 aromatic heterocycles. The molecular formula is C25H36N2O3S. The average molecular weight is 445 g/mol. The third-order valence-electron chi connectivity index (χ3n) is 4.98. The first-order chi connectivity index (χ1) is 15.1. The zero-order valence-electron chi connectivity index (χ0n) is 19.1. The van der Waals surface area contributed by atoms with Crippen molar-refractivity contribution >= 4 is 17.7 Å². The summed E-state index contributed by atoms with van der Waals surface area (Å²) in [6.07, 6.45) is 13.7. The summed E-state index contributed by atoms with van der Waals surface area (Å²) < 4.78 is 10.6. The van der Waals surface area contributed by atoms with Crippen molar-refractivity contribution in [3.8, 4) is 16.9 Å². The molecule has 0 fully saturated rings. The lowest BCUT2D eigenvalue weighted by molar-refractivity contribution is -0.150. The van der Waals surface area contributed by atoms with Crippen molar-refractivity contribution in [3.05, 3.63) is 36.7 Å². The van der Waals surface area contributed by atoms with Gasteiger partial charge in [0.05, 0.1) is 6.61 Å². The maximum absolute atomic E-state index is 11.7. The summed E-state index contributed by atoms with van der Waals surface area (Å²) in [7, 11) is 0. The lowest BCUT2D eigenvalue weighted by Crippen LogP contribution is -2.25. The van der Waals surface area contributed by atoms with Crippen LogP contribution >= 0.6 is 11.8 Å². The Morgan fingerprint density at radius 1 is 0.903 bits per heavy atom. The van der Waals surface area contributed by atoms with Crippen LogP contribution in [0.4, 0.5) is 0 Å². The minimum absolute atomic E-state index is 0.346. The standard InChI is InChI=1S/C25H36N2O3S/c1-4-6-7-8-9-10-11-12-17-31-25-26-18-22(19-27-25)21-13-15-23(16-14-21)30-20(3)24(28)29-5-2/h13-16,18-20H,4-12,17H2,1-3H3/t20-/m1/s1. The highest BCUT2D eigenvalue weighted by atomic mass is 32.2. The topological polar surface area (TPSA) is 61.3 Å². The van der Waals surface area contributed by atoms with E-state index >= 15 is 0 Å². The maximum Gasteiger partial charge on any atom is 0.347 e. The largest absolute Gasteiger partial charge is 0.479 e. The number of hydrogen-bond donors (Lipinski definition) is 0. The first-order valence-electron chi connectivity index (χ1n) is 11.5. The third kappa shape index (κ3) is 9.72. The summed E-state index contributed by atoms with van der Waals surface area (Å²) in [5.74, 6) is 1.33. The summed E-state index contributed by atoms with van der Waals surface area (Å²) in [4.78, 5) is 20.7. The van der Waals surface area contributed by atoms with E-state index in [9.17, 15) is 4.79 Å². The van der Waals surface area contributed by atoms with Crippen LogP contribution in [-0.2, 0) is 9.53 Å². The SMILES string of the molecule is CCCCCCCCCCSc1ncc(-c2ccc(O[C@H](C)C(=O)OCC)cc2)cn1. The molecule has 1 atom stereocenters. The minimum Gasteiger partial charge on any atom is -0.479 e. The summed E-state index contributed by atoms with van der Waals surface area (Å²) in [6, 6.07) is 7.57. The molecule has 6 heteroatoms. The highest BCUT2D eigenvalue weighted by Gasteiger charge is 2.15. The van der Waals surface area contributed by atoms with Crippen molar-refractivity contribution < 1.29 is 14.3 Å². The van der Waals surface area contributed by atoms with E-state index < -0.39 is 6.10 Å². The average Bonchev–Trinajstić information content (AvgIpc) is 2.79. The van der Waals surface area contributed by atoms with Crippen LogP contribution in [0, 0.1) is 0 Å². The van der Waals surface area contributed by atoms with E-state index in [0.717, 1.165) is 22.0 Å². The van der Waals surface area contributed by atoms with E-state index in [1.54, 1.807) is 25.6 Å². The van der Waals surface area contributed by atoms with Gasteiger partial charge in [-0.1, -0.05) is 75.8 Å². The van der Waals surface area contributed by atoms with Crippen LogP contribution in [0.1, 0.15) is 72.1 Å². The highest BCUT2D eigenvalue weighted by molar-refractivity contribution is 7.99. The summed E-state index contributed by atoms with van der Waals surface area (Å²) in [5, 5.41) is 0.829. The van der Waals surface area contributed by atoms with Crippen molar-refractivity contribution in [3.63, 3.8) is 0 Å². The van der Waals surface area contributed by atoms with Crippen molar-refractivity contribution in [2.24, 2.45) is 0 Å². The number of aromatic nitrogens is 2. The Balaban J connectivity index is 1.72. The Bertz CT molecular complexity index is 750. The molecule has 2 aromatic rings. The Morgan fingerprint density at radius 2 is 1.52 bits per heavy atom. The Morgan fingerprint density at radius 3 is 2.13 bits per heavy atom. The van der Waals surface area contributed by atoms with Crippen LogP contribution in [-0.4, -0.2) is 34.4 Å². The van der Waals surface area contributed by atoms with E-state index in [1.165, 1.54) is 51.4 Å². The Labute approximate surface area is 191 Å². The van der Waals surface area contributed by atoms with Gasteiger partial charge in [0, 0.05) is 23.7 Å². The van der Waals surface area contributed by atoms with Gasteiger partial charge in [-0.15, -0.1) is 0 Å². The fourth-order valence-corrected chi connectivity index (χ4v) is 3.96. The van der Waals surface area contributed by atoms with Gasteiger partial charge >= 0.3 is 5.97 Å². The molecule has 1 aromatic carbocycles. The number of esters is 1. The van der Waals surface area contributed by atoms with Gasteiger partial charge in [-0.05, 0) is 38.0 Å². The Kier molecular flexibility index (Phi) is 12.1. The number of ether oxygens (including phenoxy) is 2. The van der Waals surface area contributed by atoms with Gasteiger partial charge in [0.15, 0.2) is 11.3 Å². The molecule has 170 valence electrons. The first kappa shape index (κ1) is 25.2. The molecule has 0 radical (unpaired) electrons. The molecule has 0 aliphatic heterocycles. The van der Waals surface area contributed by atoms with E-state index in [-0.39, 0.29) is 5.97 Å². The van der Waals surface area contributed by atoms with Crippen molar-refractivity contribution in [2.45, 2.75) is 83.4 Å². The predicted octanol–water partition coefficient (Wildman–Crippen LogP) is 6.71. The van der Waals surface area contributed by atoms with Crippen molar-refractivity contribution in [2.75, 3.05) is 12.4 Å². The zero-order chi connectivity index (χ0) is 22.3. The third-order valence-corrected chi connectivity index (χ3v) is 5.94. The molecule has 0 amide bonds. The molecular weight excluding hydrogens is 408 g/mol. The first-order valence-corrected chi connectivity index (χ1v) is 12.5. The van der Waals surface area contributed by atoms with E-state index in [4.69, 9.17) is 9.47 Å². The van der Waals surface area contributed by atoms with Crippen LogP contribution < -0.4 is 4.74 Å². The molecule has 0 spiro atoms. The predicted molar refractivity (Wildman–Crippen MR) is 128 cm³/mol. The normalized spacial score (nSPS) is 11.8. The monoisotopic (exact) mass is 444 g/mol. The second-order valence-electron chi connectivity index (χ2n) is 7.61. The second kappa shape index (κ2) is 14.8. The summed E-state index contributed by atoms with van der Waals surface area (Å²) in [5.41, 5.74) is 1.97. The fourth-order valence-electron chi connectivity index (χ4n) is 3.18. The zero-order valence-corrected chi connectivity index (χ0v) is 20.0. The molecule has 31 heavy (non-hydrogen) atoms. The van der Waals surface area contributed by atoms with Crippen LogP contribution in [0.15, 0.2) is 41.8 Å². The molecule has 1 heterocycles. The minimum atomic E-state index is -0.633. The summed E-state index contributed by atoms with van der Waals surface area (Å²) >= 11 is 1.73. The van der Waals surface area contributed by atoms with Gasteiger partial charge in [-0.3, -0.25) is 0 Å². The molecule has 2 rings (SSSR count). The smallest absolute Gasteiger partial charge is 0.347 e. The van der Waals surface area contributed by atoms with Crippen molar-refractivity contribution in [1.29, 1.82) is 0 Å². The Hall–Kier alpha value is -2.08. The van der Waals surface area contributed by atoms with Crippen LogP contribution in [0.2, 0.25) is 0 Å². The quantitative estimate of drug-likeness (QED) is 0.132. The van der Waals surface area contributed by atoms with E-state index in [0.29, 0.717) is 12.4 Å². The summed E-state index contributed by atoms with van der Waals surface area (Å²) in [6.45, 7) is 6.07. The molecule has 0 N–H and O–H groups in total. The highest BCUT2D eigenvalue weighted by Crippen LogP contribution is 2.24. The lowest BCUT2D eigenvalue weighted by atomic mass is 10.1. The number of rotatable bonds is 15. The molecule has 0 saturated heterocycles. The van der Waals surface area contributed by atoms with Gasteiger partial charge in [0.1, 0.15) is 5.75 Å². The number of benzene rings is 1. The fraction of sp³-hybridized carbons (Fsp3) is 0.560. The molecule has 0 aliphatic carbocycles. The molecule has 0 saturated carbocycles. The van der Waals surface area contributed by atoms with Crippen LogP contribution in [0.25, 0.3) is 11.1 Å². The van der Waals surface area contributed by atoms with Crippen molar-refractivity contribution in [1.82, 2.24) is 9.97 Å². The molecule has 0 aliphatic rings. The number of hydrogen-bond acceptors (Lipinski definition) is 6. The molecule has 5 nitrogen and oxygen atoms in total. The number of unbranched alkanes of at least 4 members (excludes halogenated alkanes) is 7. The van der Waals surface area contributed by atoms with Gasteiger partial charge < -0.3 is 9.47 Å². The van der Waals surface area contributed by atoms with Gasteiger partial charge in [0.25, 0.3) is 0 Å². The van der Waals surface area contributed by atoms with Crippen LogP contribution in [0.3, 0.4) is 0 Å². The number of thioether (sulfide) groups is 1. The van der Waals surface area contributed by atoms with E-state index in [1.807, 2.05) is 36.7 Å². The van der Waals surface area contributed by atoms with E-state index in [2.05, 4.69) is 16.9 Å².